The first kappa shape index (κ1) is 14.5. The Morgan fingerprint density at radius 2 is 2.05 bits per heavy atom. The van der Waals surface area contributed by atoms with Crippen LogP contribution in [-0.2, 0) is 0 Å². The van der Waals surface area contributed by atoms with E-state index >= 15 is 0 Å². The van der Waals surface area contributed by atoms with E-state index < -0.39 is 0 Å². The van der Waals surface area contributed by atoms with Gasteiger partial charge in [-0.05, 0) is 23.8 Å². The first-order valence-electron chi connectivity index (χ1n) is 6.68. The van der Waals surface area contributed by atoms with E-state index in [1.165, 1.54) is 7.11 Å². The fraction of sp³-hybridized carbons (Fsp3) is 0.533. The minimum absolute atomic E-state index is 0.192. The minimum Gasteiger partial charge on any atom is -0.497 e. The third kappa shape index (κ3) is 2.81. The highest BCUT2D eigenvalue weighted by Gasteiger charge is 2.45. The summed E-state index contributed by atoms with van der Waals surface area (Å²) in [5.41, 5.74) is 7.01. The van der Waals surface area contributed by atoms with E-state index in [0.717, 1.165) is 6.42 Å². The van der Waals surface area contributed by atoms with Crippen LogP contribution in [0.1, 0.15) is 30.6 Å². The van der Waals surface area contributed by atoms with Crippen LogP contribution in [0.25, 0.3) is 0 Å². The number of carbonyl (C=O) groups is 1. The van der Waals surface area contributed by atoms with Gasteiger partial charge < -0.3 is 20.5 Å². The lowest BCUT2D eigenvalue weighted by Crippen LogP contribution is -2.27. The van der Waals surface area contributed by atoms with Gasteiger partial charge in [-0.15, -0.1) is 0 Å². The number of hydrogen-bond acceptors (Lipinski definition) is 4. The van der Waals surface area contributed by atoms with Gasteiger partial charge in [0, 0.05) is 12.6 Å². The summed E-state index contributed by atoms with van der Waals surface area (Å²) in [6.07, 6.45) is 1.14. The second kappa shape index (κ2) is 5.23. The average molecular weight is 278 g/mol. The van der Waals surface area contributed by atoms with Gasteiger partial charge in [0.25, 0.3) is 5.91 Å². The number of carbonyl (C=O) groups excluding carboxylic acids is 1. The Kier molecular flexibility index (Phi) is 3.79. The highest BCUT2D eigenvalue weighted by Crippen LogP contribution is 2.51. The molecule has 0 saturated heterocycles. The SMILES string of the molecule is COc1cc(OC)c(N)c(C(=O)NCC2CC2(C)C)c1. The molecule has 20 heavy (non-hydrogen) atoms. The van der Waals surface area contributed by atoms with Crippen molar-refractivity contribution < 1.29 is 14.3 Å². The van der Waals surface area contributed by atoms with Crippen LogP contribution in [0.2, 0.25) is 0 Å². The monoisotopic (exact) mass is 278 g/mol. The summed E-state index contributed by atoms with van der Waals surface area (Å²) < 4.78 is 10.3. The second-order valence-corrected chi connectivity index (χ2v) is 5.89. The summed E-state index contributed by atoms with van der Waals surface area (Å²) in [6.45, 7) is 5.07. The maximum absolute atomic E-state index is 12.2. The van der Waals surface area contributed by atoms with Crippen molar-refractivity contribution >= 4 is 11.6 Å². The first-order chi connectivity index (χ1) is 9.39. The summed E-state index contributed by atoms with van der Waals surface area (Å²) in [4.78, 5) is 12.2. The summed E-state index contributed by atoms with van der Waals surface area (Å²) in [6, 6.07) is 3.29. The van der Waals surface area contributed by atoms with Crippen LogP contribution in [0.5, 0.6) is 11.5 Å². The predicted octanol–water partition coefficient (Wildman–Crippen LogP) is 2.06. The smallest absolute Gasteiger partial charge is 0.253 e. The molecule has 1 aliphatic carbocycles. The zero-order valence-corrected chi connectivity index (χ0v) is 12.4. The van der Waals surface area contributed by atoms with Gasteiger partial charge in [0.05, 0.1) is 25.5 Å². The fourth-order valence-electron chi connectivity index (χ4n) is 2.31. The van der Waals surface area contributed by atoms with Crippen molar-refractivity contribution in [3.63, 3.8) is 0 Å². The molecule has 0 heterocycles. The van der Waals surface area contributed by atoms with E-state index in [0.29, 0.717) is 40.6 Å². The molecule has 110 valence electrons. The summed E-state index contributed by atoms with van der Waals surface area (Å²) in [7, 11) is 3.05. The number of amides is 1. The van der Waals surface area contributed by atoms with Crippen LogP contribution in [0.4, 0.5) is 5.69 Å². The van der Waals surface area contributed by atoms with Gasteiger partial charge in [0.2, 0.25) is 0 Å². The lowest BCUT2D eigenvalue weighted by atomic mass is 10.1. The summed E-state index contributed by atoms with van der Waals surface area (Å²) in [5, 5.41) is 2.93. The van der Waals surface area contributed by atoms with Crippen molar-refractivity contribution in [2.75, 3.05) is 26.5 Å². The zero-order chi connectivity index (χ0) is 14.9. The van der Waals surface area contributed by atoms with Crippen molar-refractivity contribution in [2.45, 2.75) is 20.3 Å². The molecule has 1 aliphatic rings. The molecule has 1 aromatic rings. The van der Waals surface area contributed by atoms with Gasteiger partial charge in [0.15, 0.2) is 0 Å². The number of rotatable bonds is 5. The van der Waals surface area contributed by atoms with E-state index in [2.05, 4.69) is 19.2 Å². The second-order valence-electron chi connectivity index (χ2n) is 5.89. The topological polar surface area (TPSA) is 73.6 Å². The Hall–Kier alpha value is -1.91. The molecule has 0 aromatic heterocycles. The largest absolute Gasteiger partial charge is 0.497 e. The zero-order valence-electron chi connectivity index (χ0n) is 12.4. The number of hydrogen-bond donors (Lipinski definition) is 2. The number of anilines is 1. The van der Waals surface area contributed by atoms with Crippen molar-refractivity contribution in [1.82, 2.24) is 5.32 Å². The molecule has 1 unspecified atom stereocenters. The molecular weight excluding hydrogens is 256 g/mol. The molecule has 1 fully saturated rings. The maximum Gasteiger partial charge on any atom is 0.253 e. The Balaban J connectivity index is 2.12. The van der Waals surface area contributed by atoms with Crippen LogP contribution < -0.4 is 20.5 Å². The molecule has 0 aliphatic heterocycles. The molecule has 3 N–H and O–H groups in total. The average Bonchev–Trinajstić information content (AvgIpc) is 3.04. The Morgan fingerprint density at radius 1 is 1.40 bits per heavy atom. The molecule has 5 nitrogen and oxygen atoms in total. The fourth-order valence-corrected chi connectivity index (χ4v) is 2.31. The van der Waals surface area contributed by atoms with Gasteiger partial charge in [-0.3, -0.25) is 4.79 Å². The molecule has 0 radical (unpaired) electrons. The van der Waals surface area contributed by atoms with E-state index in [-0.39, 0.29) is 5.91 Å². The molecule has 0 spiro atoms. The molecule has 5 heteroatoms. The highest BCUT2D eigenvalue weighted by atomic mass is 16.5. The lowest BCUT2D eigenvalue weighted by molar-refractivity contribution is 0.0951. The number of nitrogens with two attached hydrogens (primary N) is 1. The maximum atomic E-state index is 12.2. The van der Waals surface area contributed by atoms with Gasteiger partial charge in [-0.25, -0.2) is 0 Å². The van der Waals surface area contributed by atoms with Gasteiger partial charge in [0.1, 0.15) is 11.5 Å². The van der Waals surface area contributed by atoms with Crippen LogP contribution >= 0.6 is 0 Å². The predicted molar refractivity (Wildman–Crippen MR) is 78.2 cm³/mol. The number of benzene rings is 1. The Bertz CT molecular complexity index is 526. The third-order valence-electron chi connectivity index (χ3n) is 4.04. The van der Waals surface area contributed by atoms with Crippen LogP contribution in [0.3, 0.4) is 0 Å². The van der Waals surface area contributed by atoms with Crippen LogP contribution in [-0.4, -0.2) is 26.7 Å². The van der Waals surface area contributed by atoms with E-state index in [1.54, 1.807) is 19.2 Å². The lowest BCUT2D eigenvalue weighted by Gasteiger charge is -2.13. The molecule has 0 bridgehead atoms. The van der Waals surface area contributed by atoms with Crippen molar-refractivity contribution in [2.24, 2.45) is 11.3 Å². The Labute approximate surface area is 119 Å². The minimum atomic E-state index is -0.192. The van der Waals surface area contributed by atoms with Crippen molar-refractivity contribution in [3.05, 3.63) is 17.7 Å². The van der Waals surface area contributed by atoms with E-state index in [9.17, 15) is 4.79 Å². The summed E-state index contributed by atoms with van der Waals surface area (Å²) >= 11 is 0. The van der Waals surface area contributed by atoms with Gasteiger partial charge >= 0.3 is 0 Å². The molecule has 1 amide bonds. The van der Waals surface area contributed by atoms with E-state index in [4.69, 9.17) is 15.2 Å². The normalized spacial score (nSPS) is 19.3. The van der Waals surface area contributed by atoms with Gasteiger partial charge in [-0.2, -0.15) is 0 Å². The third-order valence-corrected chi connectivity index (χ3v) is 4.04. The van der Waals surface area contributed by atoms with Crippen LogP contribution in [0.15, 0.2) is 12.1 Å². The molecule has 1 saturated carbocycles. The number of methoxy groups -OCH3 is 2. The number of ether oxygens (including phenoxy) is 2. The molecular formula is C15H22N2O3. The summed E-state index contributed by atoms with van der Waals surface area (Å²) in [5.74, 6) is 1.34. The van der Waals surface area contributed by atoms with E-state index in [1.807, 2.05) is 0 Å². The number of nitrogen functional groups attached to an aromatic ring is 1. The standard InChI is InChI=1S/C15H22N2O3/c1-15(2)7-9(15)8-17-14(18)11-5-10(19-3)6-12(20-4)13(11)16/h5-6,9H,7-8,16H2,1-4H3,(H,17,18). The highest BCUT2D eigenvalue weighted by molar-refractivity contribution is 6.01. The quantitative estimate of drug-likeness (QED) is 0.809. The Morgan fingerprint density at radius 3 is 2.55 bits per heavy atom. The first-order valence-corrected chi connectivity index (χ1v) is 6.68. The van der Waals surface area contributed by atoms with Crippen molar-refractivity contribution in [1.29, 1.82) is 0 Å². The van der Waals surface area contributed by atoms with Gasteiger partial charge in [-0.1, -0.05) is 13.8 Å². The van der Waals surface area contributed by atoms with Crippen LogP contribution in [0, 0.1) is 11.3 Å². The van der Waals surface area contributed by atoms with Crippen molar-refractivity contribution in [3.8, 4) is 11.5 Å². The molecule has 2 rings (SSSR count). The molecule has 1 atom stereocenters. The number of nitrogens with one attached hydrogen (secondary N) is 1. The molecule has 1 aromatic carbocycles.